The Morgan fingerprint density at radius 2 is 1.85 bits per heavy atom. The second-order valence-electron chi connectivity index (χ2n) is 3.63. The van der Waals surface area contributed by atoms with Crippen molar-refractivity contribution in [3.63, 3.8) is 0 Å². The van der Waals surface area contributed by atoms with Crippen LogP contribution >= 0.6 is 34.8 Å². The third-order valence-electron chi connectivity index (χ3n) is 2.40. The van der Waals surface area contributed by atoms with E-state index < -0.39 is 5.78 Å². The monoisotopic (exact) mass is 330 g/mol. The zero-order valence-corrected chi connectivity index (χ0v) is 12.2. The number of carbonyl (C=O) groups excluding carboxylic acids is 2. The molecular weight excluding hydrogens is 327 g/mol. The molecule has 0 saturated heterocycles. The number of hydrogen-bond acceptors (Lipinski definition) is 6. The topological polar surface area (TPSA) is 85.7 Å². The zero-order chi connectivity index (χ0) is 14.9. The summed E-state index contributed by atoms with van der Waals surface area (Å²) in [6.07, 6.45) is 1.63. The Bertz CT molecular complexity index is 721. The molecule has 6 nitrogen and oxygen atoms in total. The lowest BCUT2D eigenvalue weighted by Gasteiger charge is -2.06. The summed E-state index contributed by atoms with van der Waals surface area (Å²) in [5.41, 5.74) is 0.124. The van der Waals surface area contributed by atoms with Crippen molar-refractivity contribution in [3.8, 4) is 0 Å². The van der Waals surface area contributed by atoms with E-state index in [-0.39, 0.29) is 38.2 Å². The van der Waals surface area contributed by atoms with Gasteiger partial charge in [-0.2, -0.15) is 0 Å². The smallest absolute Gasteiger partial charge is 0.223 e. The quantitative estimate of drug-likeness (QED) is 0.372. The van der Waals surface area contributed by atoms with Crippen molar-refractivity contribution in [1.29, 1.82) is 0 Å². The van der Waals surface area contributed by atoms with Crippen LogP contribution in [0, 0.1) is 6.92 Å². The number of aryl methyl sites for hydroxylation is 1. The number of carbonyl (C=O) groups is 2. The van der Waals surface area contributed by atoms with Crippen molar-refractivity contribution in [2.45, 2.75) is 6.92 Å². The van der Waals surface area contributed by atoms with Gasteiger partial charge in [-0.05, 0) is 30.1 Å². The lowest BCUT2D eigenvalue weighted by molar-refractivity contribution is 0.102. The van der Waals surface area contributed by atoms with Gasteiger partial charge in [0.05, 0.1) is 16.8 Å². The minimum absolute atomic E-state index is 0.0328. The van der Waals surface area contributed by atoms with E-state index in [0.717, 1.165) is 6.20 Å². The Morgan fingerprint density at radius 1 is 1.15 bits per heavy atom. The van der Waals surface area contributed by atoms with E-state index >= 15 is 0 Å². The van der Waals surface area contributed by atoms with Gasteiger partial charge in [-0.15, -0.1) is 0 Å². The molecule has 2 aromatic rings. The van der Waals surface area contributed by atoms with Gasteiger partial charge in [0.2, 0.25) is 16.4 Å². The molecule has 0 radical (unpaired) electrons. The highest BCUT2D eigenvalue weighted by molar-refractivity contribution is 6.35. The first-order valence-corrected chi connectivity index (χ1v) is 6.29. The highest BCUT2D eigenvalue weighted by atomic mass is 35.5. The van der Waals surface area contributed by atoms with Gasteiger partial charge in [-0.1, -0.05) is 11.6 Å². The molecule has 2 aromatic heterocycles. The molecule has 2 heterocycles. The van der Waals surface area contributed by atoms with E-state index in [2.05, 4.69) is 19.9 Å². The maximum absolute atomic E-state index is 12.3. The minimum atomic E-state index is -0.638. The van der Waals surface area contributed by atoms with Gasteiger partial charge in [-0.3, -0.25) is 9.59 Å². The van der Waals surface area contributed by atoms with Crippen LogP contribution in [0.25, 0.3) is 0 Å². The van der Waals surface area contributed by atoms with E-state index in [0.29, 0.717) is 6.29 Å². The zero-order valence-electron chi connectivity index (χ0n) is 9.89. The highest BCUT2D eigenvalue weighted by Gasteiger charge is 2.22. The number of ketones is 1. The molecule has 0 spiro atoms. The van der Waals surface area contributed by atoms with E-state index in [1.54, 1.807) is 0 Å². The molecule has 0 aromatic carbocycles. The molecular formula is C11H5Cl3N4O2. The van der Waals surface area contributed by atoms with Crippen LogP contribution < -0.4 is 0 Å². The van der Waals surface area contributed by atoms with Gasteiger partial charge in [0, 0.05) is 6.20 Å². The van der Waals surface area contributed by atoms with Crippen LogP contribution in [-0.2, 0) is 0 Å². The Balaban J connectivity index is 2.61. The van der Waals surface area contributed by atoms with Gasteiger partial charge in [0.15, 0.2) is 6.29 Å². The van der Waals surface area contributed by atoms with Crippen molar-refractivity contribution in [2.24, 2.45) is 0 Å². The van der Waals surface area contributed by atoms with Crippen LogP contribution in [0.5, 0.6) is 0 Å². The number of halogens is 3. The summed E-state index contributed by atoms with van der Waals surface area (Å²) >= 11 is 17.1. The fourth-order valence-electron chi connectivity index (χ4n) is 1.48. The Labute approximate surface area is 128 Å². The minimum Gasteiger partial charge on any atom is -0.298 e. The summed E-state index contributed by atoms with van der Waals surface area (Å²) in [4.78, 5) is 38.3. The molecule has 2 rings (SSSR count). The number of aldehydes is 1. The van der Waals surface area contributed by atoms with Gasteiger partial charge in [0.1, 0.15) is 10.8 Å². The van der Waals surface area contributed by atoms with Crippen LogP contribution in [0.4, 0.5) is 0 Å². The second kappa shape index (κ2) is 5.78. The van der Waals surface area contributed by atoms with E-state index in [1.807, 2.05) is 0 Å². The normalized spacial score (nSPS) is 10.4. The van der Waals surface area contributed by atoms with Gasteiger partial charge >= 0.3 is 0 Å². The first-order valence-electron chi connectivity index (χ1n) is 5.16. The summed E-state index contributed by atoms with van der Waals surface area (Å²) in [6, 6.07) is 0. The fourth-order valence-corrected chi connectivity index (χ4v) is 2.09. The molecule has 9 heteroatoms. The molecule has 0 atom stereocenters. The third kappa shape index (κ3) is 2.77. The lowest BCUT2D eigenvalue weighted by atomic mass is 10.1. The van der Waals surface area contributed by atoms with Crippen LogP contribution in [0.3, 0.4) is 0 Å². The van der Waals surface area contributed by atoms with Gasteiger partial charge in [-0.25, -0.2) is 19.9 Å². The van der Waals surface area contributed by atoms with Crippen molar-refractivity contribution >= 4 is 46.9 Å². The molecule has 102 valence electrons. The average molecular weight is 332 g/mol. The third-order valence-corrected chi connectivity index (χ3v) is 3.04. The first kappa shape index (κ1) is 14.8. The maximum Gasteiger partial charge on any atom is 0.223 e. The van der Waals surface area contributed by atoms with Crippen molar-refractivity contribution in [3.05, 3.63) is 44.4 Å². The largest absolute Gasteiger partial charge is 0.298 e. The van der Waals surface area contributed by atoms with Crippen LogP contribution in [0.2, 0.25) is 15.7 Å². The molecule has 0 amide bonds. The predicted octanol–water partition coefficient (Wildman–Crippen LogP) is 2.58. The number of rotatable bonds is 3. The summed E-state index contributed by atoms with van der Waals surface area (Å²) in [7, 11) is 0. The number of hydrogen-bond donors (Lipinski definition) is 0. The van der Waals surface area contributed by atoms with Crippen molar-refractivity contribution in [1.82, 2.24) is 19.9 Å². The Morgan fingerprint density at radius 3 is 2.45 bits per heavy atom. The second-order valence-corrected chi connectivity index (χ2v) is 4.66. The van der Waals surface area contributed by atoms with Crippen molar-refractivity contribution in [2.75, 3.05) is 0 Å². The molecule has 0 aliphatic heterocycles. The number of nitrogens with zero attached hydrogens (tertiary/aromatic N) is 4. The highest BCUT2D eigenvalue weighted by Crippen LogP contribution is 2.20. The van der Waals surface area contributed by atoms with E-state index in [9.17, 15) is 9.59 Å². The van der Waals surface area contributed by atoms with E-state index in [4.69, 9.17) is 34.8 Å². The summed E-state index contributed by atoms with van der Waals surface area (Å²) in [6.45, 7) is 1.54. The molecule has 0 fully saturated rings. The summed E-state index contributed by atoms with van der Waals surface area (Å²) in [5, 5.41) is -0.388. The molecule has 20 heavy (non-hydrogen) atoms. The molecule has 0 aliphatic rings. The lowest BCUT2D eigenvalue weighted by Crippen LogP contribution is -2.12. The molecule has 0 saturated carbocycles. The van der Waals surface area contributed by atoms with Crippen molar-refractivity contribution < 1.29 is 9.59 Å². The van der Waals surface area contributed by atoms with Gasteiger partial charge < -0.3 is 0 Å². The maximum atomic E-state index is 12.3. The number of aromatic nitrogens is 4. The Kier molecular flexibility index (Phi) is 4.27. The summed E-state index contributed by atoms with van der Waals surface area (Å²) < 4.78 is 0. The van der Waals surface area contributed by atoms with Crippen LogP contribution in [-0.4, -0.2) is 32.0 Å². The van der Waals surface area contributed by atoms with Crippen LogP contribution in [0.15, 0.2) is 6.20 Å². The predicted molar refractivity (Wildman–Crippen MR) is 72.7 cm³/mol. The Hall–Kier alpha value is -1.63. The first-order chi connectivity index (χ1) is 9.43. The molecule has 0 bridgehead atoms. The molecule has 0 N–H and O–H groups in total. The molecule has 0 aliphatic carbocycles. The average Bonchev–Trinajstić information content (AvgIpc) is 2.37. The fraction of sp³-hybridized carbons (Fsp3) is 0.0909. The van der Waals surface area contributed by atoms with E-state index in [1.165, 1.54) is 6.92 Å². The SMILES string of the molecule is Cc1nc(Cl)nc(C(=O)c2cnc(Cl)nc2Cl)c1C=O. The van der Waals surface area contributed by atoms with Crippen LogP contribution in [0.1, 0.15) is 32.1 Å². The standard InChI is InChI=1S/C11H5Cl3N4O2/c1-4-6(3-19)7(17-11(14)16-4)8(20)5-2-15-10(13)18-9(5)12/h2-3H,1H3. The van der Waals surface area contributed by atoms with Gasteiger partial charge in [0.25, 0.3) is 0 Å². The molecule has 0 unspecified atom stereocenters. The summed E-state index contributed by atoms with van der Waals surface area (Å²) in [5.74, 6) is -0.638.